The second-order valence-electron chi connectivity index (χ2n) is 4.68. The van der Waals surface area contributed by atoms with E-state index in [1.165, 1.54) is 11.3 Å². The smallest absolute Gasteiger partial charge is 0.325 e. The van der Waals surface area contributed by atoms with E-state index in [1.807, 2.05) is 0 Å². The highest BCUT2D eigenvalue weighted by Crippen LogP contribution is 2.37. The third-order valence-corrected chi connectivity index (χ3v) is 4.30. The van der Waals surface area contributed by atoms with Crippen LogP contribution in [0.3, 0.4) is 0 Å². The molecular weight excluding hydrogens is 292 g/mol. The summed E-state index contributed by atoms with van der Waals surface area (Å²) in [6, 6.07) is 0. The Bertz CT molecular complexity index is 515. The number of hydrogen-bond donors (Lipinski definition) is 1. The van der Waals surface area contributed by atoms with E-state index in [0.717, 1.165) is 29.8 Å². The highest BCUT2D eigenvalue weighted by Gasteiger charge is 2.31. The first kappa shape index (κ1) is 15.8. The number of fused-ring (bicyclic) bond motifs is 1. The van der Waals surface area contributed by atoms with Crippen molar-refractivity contribution in [2.45, 2.75) is 39.0 Å². The van der Waals surface area contributed by atoms with Crippen LogP contribution < -0.4 is 5.32 Å². The zero-order valence-corrected chi connectivity index (χ0v) is 13.1. The number of aromatic nitrogens is 1. The summed E-state index contributed by atoms with van der Waals surface area (Å²) >= 11 is 1.50. The molecule has 0 fully saturated rings. The van der Waals surface area contributed by atoms with Crippen molar-refractivity contribution in [3.63, 3.8) is 0 Å². The molecule has 0 bridgehead atoms. The molecule has 2 rings (SSSR count). The number of carbonyl (C=O) groups is 2. The van der Waals surface area contributed by atoms with Crippen LogP contribution in [0.4, 0.5) is 5.13 Å². The molecule has 1 aliphatic rings. The van der Waals surface area contributed by atoms with Crippen LogP contribution in [0, 0.1) is 0 Å². The normalized spacial score (nSPS) is 17.0. The predicted molar refractivity (Wildman–Crippen MR) is 79.5 cm³/mol. The van der Waals surface area contributed by atoms with E-state index in [-0.39, 0.29) is 24.4 Å². The molecule has 1 unspecified atom stereocenters. The fourth-order valence-corrected chi connectivity index (χ4v) is 3.39. The molecule has 1 aliphatic carbocycles. The zero-order valence-electron chi connectivity index (χ0n) is 12.3. The van der Waals surface area contributed by atoms with Crippen LogP contribution in [0.1, 0.15) is 43.2 Å². The summed E-state index contributed by atoms with van der Waals surface area (Å²) in [6.07, 6.45) is 2.65. The van der Waals surface area contributed by atoms with Gasteiger partial charge in [-0.15, -0.1) is 11.3 Å². The molecule has 1 atom stereocenters. The maximum atomic E-state index is 12.0. The molecule has 116 valence electrons. The lowest BCUT2D eigenvalue weighted by Crippen LogP contribution is -2.20. The van der Waals surface area contributed by atoms with Gasteiger partial charge in [0.25, 0.3) is 0 Å². The number of nitrogens with zero attached hydrogens (tertiary/aromatic N) is 1. The Morgan fingerprint density at radius 2 is 2.10 bits per heavy atom. The fraction of sp³-hybridized carbons (Fsp3) is 0.643. The van der Waals surface area contributed by atoms with Gasteiger partial charge in [0.1, 0.15) is 12.5 Å². The largest absolute Gasteiger partial charge is 0.465 e. The quantitative estimate of drug-likeness (QED) is 0.811. The summed E-state index contributed by atoms with van der Waals surface area (Å²) in [5, 5.41) is 3.62. The number of ether oxygens (including phenoxy) is 2. The Morgan fingerprint density at radius 1 is 1.33 bits per heavy atom. The standard InChI is InChI=1S/C14H20N2O4S/c1-3-19-11(17)8-15-14-16-12-9(13(18)20-4-2)6-5-7-10(12)21-14/h9H,3-8H2,1-2H3,(H,15,16). The number of esters is 2. The average Bonchev–Trinajstić information content (AvgIpc) is 2.88. The molecule has 1 heterocycles. The molecule has 21 heavy (non-hydrogen) atoms. The summed E-state index contributed by atoms with van der Waals surface area (Å²) in [5.74, 6) is -0.795. The SMILES string of the molecule is CCOC(=O)CNc1nc2c(s1)CCCC2C(=O)OCC. The van der Waals surface area contributed by atoms with Crippen LogP contribution in [0.5, 0.6) is 0 Å². The molecule has 6 nitrogen and oxygen atoms in total. The van der Waals surface area contributed by atoms with Gasteiger partial charge in [-0.2, -0.15) is 0 Å². The van der Waals surface area contributed by atoms with E-state index in [9.17, 15) is 9.59 Å². The third kappa shape index (κ3) is 3.93. The lowest BCUT2D eigenvalue weighted by Gasteiger charge is -2.19. The first-order valence-electron chi connectivity index (χ1n) is 7.21. The Kier molecular flexibility index (Phi) is 5.55. The van der Waals surface area contributed by atoms with Gasteiger partial charge in [-0.05, 0) is 33.1 Å². The minimum absolute atomic E-state index is 0.0876. The highest BCUT2D eigenvalue weighted by atomic mass is 32.1. The summed E-state index contributed by atoms with van der Waals surface area (Å²) in [6.45, 7) is 4.39. The summed E-state index contributed by atoms with van der Waals surface area (Å²) in [7, 11) is 0. The maximum Gasteiger partial charge on any atom is 0.325 e. The van der Waals surface area contributed by atoms with E-state index >= 15 is 0 Å². The monoisotopic (exact) mass is 312 g/mol. The topological polar surface area (TPSA) is 77.5 Å². The fourth-order valence-electron chi connectivity index (χ4n) is 2.33. The molecule has 0 saturated heterocycles. The van der Waals surface area contributed by atoms with Gasteiger partial charge >= 0.3 is 11.9 Å². The second kappa shape index (κ2) is 7.40. The minimum atomic E-state index is -0.312. The number of thiazole rings is 1. The molecule has 0 aromatic carbocycles. The van der Waals surface area contributed by atoms with Crippen LogP contribution in [-0.4, -0.2) is 36.7 Å². The van der Waals surface area contributed by atoms with E-state index < -0.39 is 0 Å². The Hall–Kier alpha value is -1.63. The number of aryl methyl sites for hydroxylation is 1. The number of hydrogen-bond acceptors (Lipinski definition) is 7. The second-order valence-corrected chi connectivity index (χ2v) is 5.77. The van der Waals surface area contributed by atoms with Crippen molar-refractivity contribution in [1.29, 1.82) is 0 Å². The van der Waals surface area contributed by atoms with Crippen molar-refractivity contribution in [1.82, 2.24) is 4.98 Å². The first-order valence-corrected chi connectivity index (χ1v) is 8.03. The third-order valence-electron chi connectivity index (χ3n) is 3.21. The molecule has 0 spiro atoms. The van der Waals surface area contributed by atoms with E-state index in [2.05, 4.69) is 10.3 Å². The molecule has 1 aromatic rings. The Morgan fingerprint density at radius 3 is 2.81 bits per heavy atom. The van der Waals surface area contributed by atoms with Crippen LogP contribution in [0.15, 0.2) is 0 Å². The van der Waals surface area contributed by atoms with Crippen LogP contribution in [0.2, 0.25) is 0 Å². The summed E-state index contributed by atoms with van der Waals surface area (Å²) in [5.41, 5.74) is 0.802. The van der Waals surface area contributed by atoms with E-state index in [1.54, 1.807) is 13.8 Å². The molecule has 0 radical (unpaired) electrons. The van der Waals surface area contributed by atoms with Crippen LogP contribution >= 0.6 is 11.3 Å². The molecule has 0 amide bonds. The predicted octanol–water partition coefficient (Wildman–Crippen LogP) is 2.10. The average molecular weight is 312 g/mol. The first-order chi connectivity index (χ1) is 10.2. The van der Waals surface area contributed by atoms with Crippen LogP contribution in [0.25, 0.3) is 0 Å². The number of rotatable bonds is 6. The highest BCUT2D eigenvalue weighted by molar-refractivity contribution is 7.15. The van der Waals surface area contributed by atoms with Crippen LogP contribution in [-0.2, 0) is 25.5 Å². The Labute approximate surface area is 127 Å². The molecular formula is C14H20N2O4S. The lowest BCUT2D eigenvalue weighted by molar-refractivity contribution is -0.145. The van der Waals surface area contributed by atoms with Gasteiger partial charge in [-0.25, -0.2) is 4.98 Å². The van der Waals surface area contributed by atoms with Gasteiger partial charge in [-0.1, -0.05) is 0 Å². The van der Waals surface area contributed by atoms with Crippen molar-refractivity contribution in [2.75, 3.05) is 25.1 Å². The minimum Gasteiger partial charge on any atom is -0.465 e. The maximum absolute atomic E-state index is 12.0. The van der Waals surface area contributed by atoms with Crippen molar-refractivity contribution in [3.8, 4) is 0 Å². The number of nitrogens with one attached hydrogen (secondary N) is 1. The van der Waals surface area contributed by atoms with Gasteiger partial charge < -0.3 is 14.8 Å². The van der Waals surface area contributed by atoms with Gasteiger partial charge in [0.05, 0.1) is 18.9 Å². The molecule has 1 N–H and O–H groups in total. The molecule has 0 saturated carbocycles. The van der Waals surface area contributed by atoms with Gasteiger partial charge in [-0.3, -0.25) is 9.59 Å². The van der Waals surface area contributed by atoms with Gasteiger partial charge in [0.2, 0.25) is 0 Å². The summed E-state index contributed by atoms with van der Waals surface area (Å²) < 4.78 is 9.97. The zero-order chi connectivity index (χ0) is 15.2. The molecule has 7 heteroatoms. The van der Waals surface area contributed by atoms with Crippen molar-refractivity contribution < 1.29 is 19.1 Å². The van der Waals surface area contributed by atoms with Gasteiger partial charge in [0.15, 0.2) is 5.13 Å². The van der Waals surface area contributed by atoms with E-state index in [0.29, 0.717) is 18.3 Å². The summed E-state index contributed by atoms with van der Waals surface area (Å²) in [4.78, 5) is 28.9. The van der Waals surface area contributed by atoms with Crippen molar-refractivity contribution in [2.24, 2.45) is 0 Å². The number of anilines is 1. The molecule has 1 aromatic heterocycles. The van der Waals surface area contributed by atoms with Crippen molar-refractivity contribution in [3.05, 3.63) is 10.6 Å². The number of carbonyl (C=O) groups excluding carboxylic acids is 2. The molecule has 0 aliphatic heterocycles. The van der Waals surface area contributed by atoms with Crippen molar-refractivity contribution >= 4 is 28.4 Å². The van der Waals surface area contributed by atoms with Gasteiger partial charge in [0, 0.05) is 4.88 Å². The van der Waals surface area contributed by atoms with E-state index in [4.69, 9.17) is 9.47 Å². The Balaban J connectivity index is 2.04. The lowest BCUT2D eigenvalue weighted by atomic mass is 9.91.